The lowest BCUT2D eigenvalue weighted by atomic mass is 10.0. The van der Waals surface area contributed by atoms with Crippen molar-refractivity contribution in [1.82, 2.24) is 15.6 Å². The molecule has 0 aliphatic carbocycles. The van der Waals surface area contributed by atoms with Crippen LogP contribution in [0, 0.1) is 19.8 Å². The lowest BCUT2D eigenvalue weighted by Gasteiger charge is -2.14. The quantitative estimate of drug-likeness (QED) is 0.748. The summed E-state index contributed by atoms with van der Waals surface area (Å²) >= 11 is 1.60. The Morgan fingerprint density at radius 2 is 2.05 bits per heavy atom. The highest BCUT2D eigenvalue weighted by Crippen LogP contribution is 2.16. The zero-order chi connectivity index (χ0) is 14.4. The number of amides is 2. The number of carbonyl (C=O) groups excluding carboxylic acids is 1. The number of nitrogens with one attached hydrogen (secondary N) is 2. The molecule has 0 saturated heterocycles. The fourth-order valence-electron chi connectivity index (χ4n) is 1.63. The maximum atomic E-state index is 11.6. The smallest absolute Gasteiger partial charge is 0.315 e. The zero-order valence-corrected chi connectivity index (χ0v) is 12.8. The van der Waals surface area contributed by atoms with Crippen LogP contribution in [-0.2, 0) is 6.54 Å². The predicted molar refractivity (Wildman–Crippen MR) is 77.3 cm³/mol. The van der Waals surface area contributed by atoms with E-state index in [9.17, 15) is 9.90 Å². The third-order valence-electron chi connectivity index (χ3n) is 2.90. The number of aliphatic hydroxyl groups excluding tert-OH is 1. The number of urea groups is 1. The number of carbonyl (C=O) groups is 1. The molecule has 1 rings (SSSR count). The Bertz CT molecular complexity index is 418. The van der Waals surface area contributed by atoms with Gasteiger partial charge in [-0.05, 0) is 26.2 Å². The van der Waals surface area contributed by atoms with Crippen LogP contribution in [0.25, 0.3) is 0 Å². The topological polar surface area (TPSA) is 74.2 Å². The largest absolute Gasteiger partial charge is 0.393 e. The first-order valence-electron chi connectivity index (χ1n) is 6.52. The van der Waals surface area contributed by atoms with Gasteiger partial charge in [-0.2, -0.15) is 0 Å². The van der Waals surface area contributed by atoms with Crippen molar-refractivity contribution in [3.05, 3.63) is 15.6 Å². The second-order valence-corrected chi connectivity index (χ2v) is 6.24. The van der Waals surface area contributed by atoms with E-state index in [-0.39, 0.29) is 18.1 Å². The first kappa shape index (κ1) is 15.9. The predicted octanol–water partition coefficient (Wildman–Crippen LogP) is 1.97. The summed E-state index contributed by atoms with van der Waals surface area (Å²) in [6.45, 7) is 8.78. The number of rotatable bonds is 6. The van der Waals surface area contributed by atoms with E-state index in [1.165, 1.54) is 0 Å². The third-order valence-corrected chi connectivity index (χ3v) is 3.98. The molecule has 6 heteroatoms. The Hall–Kier alpha value is -1.14. The molecule has 0 aliphatic heterocycles. The molecule has 1 unspecified atom stereocenters. The van der Waals surface area contributed by atoms with Crippen LogP contribution in [0.4, 0.5) is 4.79 Å². The van der Waals surface area contributed by atoms with Gasteiger partial charge in [0.2, 0.25) is 0 Å². The van der Waals surface area contributed by atoms with Crippen molar-refractivity contribution in [2.45, 2.75) is 46.8 Å². The van der Waals surface area contributed by atoms with Gasteiger partial charge in [0.25, 0.3) is 0 Å². The van der Waals surface area contributed by atoms with Crippen molar-refractivity contribution in [2.24, 2.45) is 5.92 Å². The maximum Gasteiger partial charge on any atom is 0.315 e. The molecule has 1 heterocycles. The minimum absolute atomic E-state index is 0.207. The van der Waals surface area contributed by atoms with Crippen molar-refractivity contribution in [1.29, 1.82) is 0 Å². The average Bonchev–Trinajstić information content (AvgIpc) is 2.65. The van der Waals surface area contributed by atoms with E-state index in [0.29, 0.717) is 19.5 Å². The molecule has 3 N–H and O–H groups in total. The van der Waals surface area contributed by atoms with Crippen LogP contribution in [0.3, 0.4) is 0 Å². The molecule has 0 radical (unpaired) electrons. The van der Waals surface area contributed by atoms with Gasteiger partial charge in [0.1, 0.15) is 0 Å². The van der Waals surface area contributed by atoms with Crippen molar-refractivity contribution < 1.29 is 9.90 Å². The normalized spacial score (nSPS) is 12.5. The van der Waals surface area contributed by atoms with E-state index in [2.05, 4.69) is 15.6 Å². The molecule has 1 aromatic rings. The number of hydrogen-bond donors (Lipinski definition) is 3. The van der Waals surface area contributed by atoms with E-state index in [4.69, 9.17) is 0 Å². The van der Waals surface area contributed by atoms with Crippen molar-refractivity contribution in [3.8, 4) is 0 Å². The molecule has 0 fully saturated rings. The van der Waals surface area contributed by atoms with Crippen molar-refractivity contribution >= 4 is 17.4 Å². The Morgan fingerprint density at radius 1 is 1.37 bits per heavy atom. The van der Waals surface area contributed by atoms with Crippen LogP contribution in [0.5, 0.6) is 0 Å². The number of thiazole rings is 1. The molecule has 0 bridgehead atoms. The van der Waals surface area contributed by atoms with Crippen molar-refractivity contribution in [3.63, 3.8) is 0 Å². The second-order valence-electron chi connectivity index (χ2n) is 4.95. The van der Waals surface area contributed by atoms with Gasteiger partial charge in [0, 0.05) is 11.4 Å². The summed E-state index contributed by atoms with van der Waals surface area (Å²) in [6, 6.07) is -0.207. The van der Waals surface area contributed by atoms with Crippen molar-refractivity contribution in [2.75, 3.05) is 6.54 Å². The summed E-state index contributed by atoms with van der Waals surface area (Å²) in [5.74, 6) is 0.215. The molecular formula is C13H23N3O2S. The summed E-state index contributed by atoms with van der Waals surface area (Å²) in [6.07, 6.45) is 0.204. The number of hydrogen-bond acceptors (Lipinski definition) is 4. The van der Waals surface area contributed by atoms with E-state index in [1.807, 2.05) is 27.7 Å². The van der Waals surface area contributed by atoms with Gasteiger partial charge >= 0.3 is 6.03 Å². The van der Waals surface area contributed by atoms with Gasteiger partial charge in [-0.3, -0.25) is 0 Å². The van der Waals surface area contributed by atoms with E-state index in [0.717, 1.165) is 15.6 Å². The first-order chi connectivity index (χ1) is 8.90. The SMILES string of the molecule is Cc1nc(C)c(CNC(=O)NCCC(O)C(C)C)s1. The number of aromatic nitrogens is 1. The second kappa shape index (κ2) is 7.45. The fourth-order valence-corrected chi connectivity index (χ4v) is 2.50. The highest BCUT2D eigenvalue weighted by molar-refractivity contribution is 7.11. The molecular weight excluding hydrogens is 262 g/mol. The van der Waals surface area contributed by atoms with Crippen LogP contribution in [0.1, 0.15) is 35.8 Å². The maximum absolute atomic E-state index is 11.6. The Balaban J connectivity index is 2.23. The minimum atomic E-state index is -0.369. The molecule has 5 nitrogen and oxygen atoms in total. The van der Waals surface area contributed by atoms with Crippen LogP contribution in [0.15, 0.2) is 0 Å². The first-order valence-corrected chi connectivity index (χ1v) is 7.34. The summed E-state index contributed by atoms with van der Waals surface area (Å²) in [4.78, 5) is 17.0. The van der Waals surface area contributed by atoms with Gasteiger partial charge in [-0.15, -0.1) is 11.3 Å². The van der Waals surface area contributed by atoms with E-state index in [1.54, 1.807) is 11.3 Å². The van der Waals surface area contributed by atoms with Crippen LogP contribution in [0.2, 0.25) is 0 Å². The number of aryl methyl sites for hydroxylation is 2. The molecule has 2 amide bonds. The monoisotopic (exact) mass is 285 g/mol. The van der Waals surface area contributed by atoms with Gasteiger partial charge in [-0.1, -0.05) is 13.8 Å². The van der Waals surface area contributed by atoms with Gasteiger partial charge < -0.3 is 15.7 Å². The minimum Gasteiger partial charge on any atom is -0.393 e. The van der Waals surface area contributed by atoms with Gasteiger partial charge in [0.05, 0.1) is 23.4 Å². The van der Waals surface area contributed by atoms with Crippen LogP contribution in [-0.4, -0.2) is 28.8 Å². The standard InChI is InChI=1S/C13H23N3O2S/c1-8(2)11(17)5-6-14-13(18)15-7-12-9(3)16-10(4)19-12/h8,11,17H,5-7H2,1-4H3,(H2,14,15,18). The molecule has 0 aliphatic rings. The molecule has 108 valence electrons. The highest BCUT2D eigenvalue weighted by Gasteiger charge is 2.10. The summed E-state index contributed by atoms with van der Waals surface area (Å²) in [5.41, 5.74) is 0.970. The molecule has 1 atom stereocenters. The Labute approximate surface area is 118 Å². The van der Waals surface area contributed by atoms with Gasteiger partial charge in [-0.25, -0.2) is 9.78 Å². The fraction of sp³-hybridized carbons (Fsp3) is 0.692. The Kier molecular flexibility index (Phi) is 6.24. The lowest BCUT2D eigenvalue weighted by Crippen LogP contribution is -2.37. The summed E-state index contributed by atoms with van der Waals surface area (Å²) in [7, 11) is 0. The van der Waals surface area contributed by atoms with Gasteiger partial charge in [0.15, 0.2) is 0 Å². The van der Waals surface area contributed by atoms with Crippen LogP contribution < -0.4 is 10.6 Å². The Morgan fingerprint density at radius 3 is 2.58 bits per heavy atom. The molecule has 0 saturated carbocycles. The zero-order valence-electron chi connectivity index (χ0n) is 12.0. The van der Waals surface area contributed by atoms with E-state index < -0.39 is 0 Å². The highest BCUT2D eigenvalue weighted by atomic mass is 32.1. The molecule has 19 heavy (non-hydrogen) atoms. The van der Waals surface area contributed by atoms with Crippen LogP contribution >= 0.6 is 11.3 Å². The molecule has 0 aromatic carbocycles. The van der Waals surface area contributed by atoms with E-state index >= 15 is 0 Å². The molecule has 1 aromatic heterocycles. The lowest BCUT2D eigenvalue weighted by molar-refractivity contribution is 0.116. The number of aliphatic hydroxyl groups is 1. The summed E-state index contributed by atoms with van der Waals surface area (Å²) < 4.78 is 0. The number of nitrogens with zero attached hydrogens (tertiary/aromatic N) is 1. The summed E-state index contributed by atoms with van der Waals surface area (Å²) in [5, 5.41) is 16.2. The molecule has 0 spiro atoms. The third kappa shape index (κ3) is 5.57. The average molecular weight is 285 g/mol.